The Morgan fingerprint density at radius 3 is 2.82 bits per heavy atom. The molecule has 2 heterocycles. The number of aryl methyl sites for hydroxylation is 1. The van der Waals surface area contributed by atoms with Gasteiger partial charge in [0.15, 0.2) is 5.52 Å². The van der Waals surface area contributed by atoms with E-state index in [1.54, 1.807) is 0 Å². The summed E-state index contributed by atoms with van der Waals surface area (Å²) in [7, 11) is 0. The highest BCUT2D eigenvalue weighted by Crippen LogP contribution is 2.29. The van der Waals surface area contributed by atoms with E-state index < -0.39 is 0 Å². The molecule has 0 aromatic carbocycles. The molecule has 1 N–H and O–H groups in total. The van der Waals surface area contributed by atoms with Gasteiger partial charge in [-0.1, -0.05) is 24.5 Å². The maximum Gasteiger partial charge on any atom is 0.294 e. The summed E-state index contributed by atoms with van der Waals surface area (Å²) in [5.41, 5.74) is 1.73. The molecule has 1 fully saturated rings. The molecule has 0 unspecified atom stereocenters. The van der Waals surface area contributed by atoms with E-state index in [-0.39, 0.29) is 5.56 Å². The summed E-state index contributed by atoms with van der Waals surface area (Å²) >= 11 is 0. The molecule has 0 radical (unpaired) electrons. The third kappa shape index (κ3) is 1.64. The summed E-state index contributed by atoms with van der Waals surface area (Å²) in [4.78, 5) is 11.6. The number of nitrogens with zero attached hydrogens (tertiary/aromatic N) is 4. The normalized spacial score (nSPS) is 17.7. The Morgan fingerprint density at radius 2 is 2.06 bits per heavy atom. The van der Waals surface area contributed by atoms with Gasteiger partial charge < -0.3 is 0 Å². The Labute approximate surface area is 98.0 Å². The van der Waals surface area contributed by atoms with Crippen LogP contribution in [0.3, 0.4) is 0 Å². The number of hydrogen-bond acceptors (Lipinski definition) is 4. The Hall–Kier alpha value is -1.72. The monoisotopic (exact) mass is 233 g/mol. The first-order chi connectivity index (χ1) is 8.27. The second-order valence-electron chi connectivity index (χ2n) is 4.66. The highest BCUT2D eigenvalue weighted by Gasteiger charge is 2.21. The second kappa shape index (κ2) is 3.94. The maximum atomic E-state index is 11.6. The number of H-pyrrole nitrogens is 1. The zero-order chi connectivity index (χ0) is 11.8. The van der Waals surface area contributed by atoms with Crippen molar-refractivity contribution in [3.63, 3.8) is 0 Å². The molecule has 90 valence electrons. The molecule has 1 saturated carbocycles. The van der Waals surface area contributed by atoms with Crippen LogP contribution in [-0.2, 0) is 0 Å². The van der Waals surface area contributed by atoms with Crippen LogP contribution < -0.4 is 5.56 Å². The third-order valence-corrected chi connectivity index (χ3v) is 3.50. The topological polar surface area (TPSA) is 76.5 Å². The number of fused-ring (bicyclic) bond motifs is 1. The summed E-state index contributed by atoms with van der Waals surface area (Å²) in [6.45, 7) is 1.88. The van der Waals surface area contributed by atoms with Gasteiger partial charge in [0.05, 0.1) is 11.7 Å². The largest absolute Gasteiger partial charge is 0.294 e. The van der Waals surface area contributed by atoms with Crippen LogP contribution in [0.25, 0.3) is 11.0 Å². The van der Waals surface area contributed by atoms with Crippen molar-refractivity contribution in [2.24, 2.45) is 0 Å². The minimum atomic E-state index is -0.257. The molecule has 17 heavy (non-hydrogen) atoms. The first-order valence-electron chi connectivity index (χ1n) is 6.07. The van der Waals surface area contributed by atoms with Gasteiger partial charge in [-0.25, -0.2) is 9.78 Å². The van der Waals surface area contributed by atoms with E-state index in [0.717, 1.165) is 24.1 Å². The lowest BCUT2D eigenvalue weighted by atomic mass is 9.95. The van der Waals surface area contributed by atoms with Gasteiger partial charge in [0.25, 0.3) is 5.56 Å². The Bertz CT molecular complexity index is 593. The summed E-state index contributed by atoms with van der Waals surface area (Å²) in [6, 6.07) is 0.371. The second-order valence-corrected chi connectivity index (χ2v) is 4.66. The molecule has 2 aromatic heterocycles. The molecule has 2 aromatic rings. The number of nitrogens with one attached hydrogen (secondary N) is 1. The average molecular weight is 233 g/mol. The van der Waals surface area contributed by atoms with Crippen LogP contribution in [0.2, 0.25) is 0 Å². The van der Waals surface area contributed by atoms with Crippen molar-refractivity contribution >= 4 is 11.0 Å². The first-order valence-corrected chi connectivity index (χ1v) is 6.07. The molecule has 1 aliphatic carbocycles. The Morgan fingerprint density at radius 1 is 1.29 bits per heavy atom. The minimum absolute atomic E-state index is 0.257. The molecule has 1 aliphatic rings. The molecule has 6 heteroatoms. The zero-order valence-corrected chi connectivity index (χ0v) is 9.81. The van der Waals surface area contributed by atoms with Gasteiger partial charge in [0.2, 0.25) is 0 Å². The van der Waals surface area contributed by atoms with E-state index in [2.05, 4.69) is 20.5 Å². The van der Waals surface area contributed by atoms with E-state index >= 15 is 0 Å². The zero-order valence-electron chi connectivity index (χ0n) is 9.81. The molecule has 0 atom stereocenters. The van der Waals surface area contributed by atoms with Crippen molar-refractivity contribution in [2.75, 3.05) is 0 Å². The quantitative estimate of drug-likeness (QED) is 0.806. The lowest BCUT2D eigenvalue weighted by Crippen LogP contribution is -2.16. The van der Waals surface area contributed by atoms with Crippen molar-refractivity contribution in [1.82, 2.24) is 25.2 Å². The first kappa shape index (κ1) is 10.4. The van der Waals surface area contributed by atoms with E-state index in [4.69, 9.17) is 0 Å². The van der Waals surface area contributed by atoms with Gasteiger partial charge in [-0.05, 0) is 19.8 Å². The van der Waals surface area contributed by atoms with Crippen LogP contribution in [0.5, 0.6) is 0 Å². The van der Waals surface area contributed by atoms with Crippen LogP contribution in [0.1, 0.15) is 43.8 Å². The molecule has 0 amide bonds. The lowest BCUT2D eigenvalue weighted by Gasteiger charge is -2.22. The van der Waals surface area contributed by atoms with E-state index in [1.165, 1.54) is 19.3 Å². The van der Waals surface area contributed by atoms with Gasteiger partial charge in [-0.15, -0.1) is 5.10 Å². The molecular formula is C11H15N5O. The number of rotatable bonds is 1. The van der Waals surface area contributed by atoms with Crippen molar-refractivity contribution in [3.8, 4) is 0 Å². The molecule has 3 rings (SSSR count). The third-order valence-electron chi connectivity index (χ3n) is 3.50. The summed E-state index contributed by atoms with van der Waals surface area (Å²) < 4.78 is 1.89. The molecule has 0 saturated heterocycles. The lowest BCUT2D eigenvalue weighted by molar-refractivity contribution is 0.331. The van der Waals surface area contributed by atoms with Crippen molar-refractivity contribution < 1.29 is 0 Å². The summed E-state index contributed by atoms with van der Waals surface area (Å²) in [5, 5.41) is 14.6. The highest BCUT2D eigenvalue weighted by atomic mass is 16.1. The smallest absolute Gasteiger partial charge is 0.265 e. The van der Waals surface area contributed by atoms with Crippen LogP contribution in [0.15, 0.2) is 4.79 Å². The van der Waals surface area contributed by atoms with E-state index in [0.29, 0.717) is 11.6 Å². The van der Waals surface area contributed by atoms with Crippen molar-refractivity contribution in [1.29, 1.82) is 0 Å². The van der Waals surface area contributed by atoms with Crippen LogP contribution >= 0.6 is 0 Å². The predicted molar refractivity (Wildman–Crippen MR) is 62.8 cm³/mol. The van der Waals surface area contributed by atoms with Crippen LogP contribution in [-0.4, -0.2) is 25.2 Å². The molecule has 6 nitrogen and oxygen atoms in total. The van der Waals surface area contributed by atoms with Gasteiger partial charge in [-0.2, -0.15) is 5.10 Å². The fourth-order valence-electron chi connectivity index (χ4n) is 2.61. The number of hydrogen-bond donors (Lipinski definition) is 1. The molecular weight excluding hydrogens is 218 g/mol. The maximum absolute atomic E-state index is 11.6. The minimum Gasteiger partial charge on any atom is -0.265 e. The molecule has 0 aliphatic heterocycles. The fraction of sp³-hybridized carbons (Fsp3) is 0.636. The van der Waals surface area contributed by atoms with Crippen molar-refractivity contribution in [2.45, 2.75) is 45.1 Å². The summed E-state index contributed by atoms with van der Waals surface area (Å²) in [6.07, 6.45) is 5.97. The SMILES string of the molecule is Cc1n[nH]c(=O)c2nnn(C3CCCCC3)c12. The van der Waals surface area contributed by atoms with Crippen LogP contribution in [0.4, 0.5) is 0 Å². The molecule has 0 bridgehead atoms. The van der Waals surface area contributed by atoms with Crippen molar-refractivity contribution in [3.05, 3.63) is 16.0 Å². The van der Waals surface area contributed by atoms with Crippen LogP contribution in [0, 0.1) is 6.92 Å². The van der Waals surface area contributed by atoms with Gasteiger partial charge in [0, 0.05) is 0 Å². The standard InChI is InChI=1S/C11H15N5O/c1-7-10-9(11(17)14-12-7)13-15-16(10)8-5-3-2-4-6-8/h8H,2-6H2,1H3,(H,14,17). The number of aromatic amines is 1. The van der Waals surface area contributed by atoms with Gasteiger partial charge in [-0.3, -0.25) is 4.79 Å². The van der Waals surface area contributed by atoms with Gasteiger partial charge >= 0.3 is 0 Å². The highest BCUT2D eigenvalue weighted by molar-refractivity contribution is 5.75. The van der Waals surface area contributed by atoms with E-state index in [1.807, 2.05) is 11.6 Å². The van der Waals surface area contributed by atoms with Gasteiger partial charge in [0.1, 0.15) is 5.52 Å². The van der Waals surface area contributed by atoms with E-state index in [9.17, 15) is 4.79 Å². The Balaban J connectivity index is 2.16. The molecule has 0 spiro atoms. The summed E-state index contributed by atoms with van der Waals surface area (Å²) in [5.74, 6) is 0. The average Bonchev–Trinajstić information content (AvgIpc) is 2.81. The Kier molecular flexibility index (Phi) is 2.42. The number of aromatic nitrogens is 5. The predicted octanol–water partition coefficient (Wildman–Crippen LogP) is 1.33. The fourth-order valence-corrected chi connectivity index (χ4v) is 2.61.